The zero-order valence-corrected chi connectivity index (χ0v) is 18.0. The van der Waals surface area contributed by atoms with E-state index in [0.717, 1.165) is 62.0 Å². The first-order valence-electron chi connectivity index (χ1n) is 11.4. The second-order valence-corrected chi connectivity index (χ2v) is 9.05. The van der Waals surface area contributed by atoms with E-state index < -0.39 is 0 Å². The summed E-state index contributed by atoms with van der Waals surface area (Å²) in [6.45, 7) is 3.25. The Bertz CT molecular complexity index is 1290. The smallest absolute Gasteiger partial charge is 0.229 e. The third kappa shape index (κ3) is 3.20. The Morgan fingerprint density at radius 3 is 2.75 bits per heavy atom. The highest BCUT2D eigenvalue weighted by Crippen LogP contribution is 2.42. The number of carbonyl (C=O) groups is 1. The molecule has 1 amide bonds. The molecule has 0 unspecified atom stereocenters. The number of hydrogen-bond acceptors (Lipinski definition) is 5. The van der Waals surface area contributed by atoms with Crippen LogP contribution in [0, 0.1) is 5.41 Å². The number of likely N-dealkylation sites (tertiary alicyclic amines) is 1. The van der Waals surface area contributed by atoms with Gasteiger partial charge in [-0.15, -0.1) is 0 Å². The van der Waals surface area contributed by atoms with Gasteiger partial charge >= 0.3 is 0 Å². The number of rotatable bonds is 3. The van der Waals surface area contributed by atoms with Gasteiger partial charge < -0.3 is 14.8 Å². The molecular formula is C25H26N6O. The molecule has 7 nitrogen and oxygen atoms in total. The number of nitrogens with one attached hydrogen (secondary N) is 1. The van der Waals surface area contributed by atoms with Gasteiger partial charge in [-0.05, 0) is 43.4 Å². The molecule has 2 saturated heterocycles. The number of hydrogen-bond donors (Lipinski definition) is 1. The predicted molar refractivity (Wildman–Crippen MR) is 124 cm³/mol. The van der Waals surface area contributed by atoms with E-state index in [1.54, 1.807) is 12.4 Å². The molecule has 1 N–H and O–H groups in total. The van der Waals surface area contributed by atoms with E-state index in [1.165, 1.54) is 10.9 Å². The Balaban J connectivity index is 1.18. The lowest BCUT2D eigenvalue weighted by atomic mass is 9.71. The molecule has 0 radical (unpaired) electrons. The summed E-state index contributed by atoms with van der Waals surface area (Å²) in [6, 6.07) is 10.4. The summed E-state index contributed by atoms with van der Waals surface area (Å²) in [5.41, 5.74) is 4.64. The van der Waals surface area contributed by atoms with Gasteiger partial charge in [0.05, 0.1) is 17.3 Å². The Labute approximate surface area is 186 Å². The second kappa shape index (κ2) is 7.58. The molecule has 3 aromatic heterocycles. The third-order valence-corrected chi connectivity index (χ3v) is 7.26. The van der Waals surface area contributed by atoms with Crippen molar-refractivity contribution in [3.8, 4) is 0 Å². The van der Waals surface area contributed by atoms with Crippen LogP contribution < -0.4 is 4.90 Å². The molecule has 32 heavy (non-hydrogen) atoms. The van der Waals surface area contributed by atoms with E-state index in [-0.39, 0.29) is 5.41 Å². The molecule has 162 valence electrons. The third-order valence-electron chi connectivity index (χ3n) is 7.26. The minimum atomic E-state index is -0.231. The summed E-state index contributed by atoms with van der Waals surface area (Å²) in [5, 5.41) is 1.21. The van der Waals surface area contributed by atoms with E-state index in [2.05, 4.69) is 60.2 Å². The molecule has 2 aliphatic rings. The van der Waals surface area contributed by atoms with Crippen LogP contribution in [0.15, 0.2) is 55.1 Å². The van der Waals surface area contributed by atoms with Crippen molar-refractivity contribution in [2.24, 2.45) is 5.41 Å². The number of benzene rings is 1. The number of fused-ring (bicyclic) bond motifs is 2. The van der Waals surface area contributed by atoms with Crippen LogP contribution in [0.5, 0.6) is 0 Å². The SMILES string of the molecule is O=C1N(Cc2c[nH]c3ccccc23)CCCC12CCN(c1cnc3nccnc3c1)CC2. The highest BCUT2D eigenvalue weighted by atomic mass is 16.2. The Morgan fingerprint density at radius 1 is 1.00 bits per heavy atom. The number of aromatic amines is 1. The van der Waals surface area contributed by atoms with Gasteiger partial charge in [-0.25, -0.2) is 9.97 Å². The van der Waals surface area contributed by atoms with Gasteiger partial charge in [0.2, 0.25) is 5.91 Å². The quantitative estimate of drug-likeness (QED) is 0.537. The number of carbonyl (C=O) groups excluding carboxylic acids is 1. The Hall–Kier alpha value is -3.48. The van der Waals surface area contributed by atoms with Crippen LogP contribution in [0.3, 0.4) is 0 Å². The molecule has 0 atom stereocenters. The first-order chi connectivity index (χ1) is 15.7. The first-order valence-corrected chi connectivity index (χ1v) is 11.4. The lowest BCUT2D eigenvalue weighted by Crippen LogP contribution is -2.53. The lowest BCUT2D eigenvalue weighted by molar-refractivity contribution is -0.148. The summed E-state index contributed by atoms with van der Waals surface area (Å²) in [5.74, 6) is 0.330. The standard InChI is InChI=1S/C25H26N6O/c32-24-25(6-3-11-31(24)17-18-15-28-21-5-2-1-4-20(18)21)7-12-30(13-8-25)19-14-22-23(29-16-19)27-10-9-26-22/h1-2,4-5,9-10,14-16,28H,3,6-8,11-13,17H2. The van der Waals surface area contributed by atoms with Gasteiger partial charge in [0.1, 0.15) is 5.52 Å². The topological polar surface area (TPSA) is 78.0 Å². The van der Waals surface area contributed by atoms with Gasteiger partial charge in [0, 0.05) is 55.7 Å². The van der Waals surface area contributed by atoms with E-state index in [1.807, 2.05) is 12.3 Å². The number of anilines is 1. The van der Waals surface area contributed by atoms with Gasteiger partial charge in [-0.3, -0.25) is 9.78 Å². The fourth-order valence-corrected chi connectivity index (χ4v) is 5.45. The van der Waals surface area contributed by atoms with E-state index >= 15 is 0 Å². The van der Waals surface area contributed by atoms with Crippen molar-refractivity contribution in [3.63, 3.8) is 0 Å². The number of aromatic nitrogens is 4. The fourth-order valence-electron chi connectivity index (χ4n) is 5.45. The molecule has 2 fully saturated rings. The van der Waals surface area contributed by atoms with Crippen molar-refractivity contribution in [1.82, 2.24) is 24.8 Å². The Kier molecular flexibility index (Phi) is 4.56. The van der Waals surface area contributed by atoms with E-state index in [4.69, 9.17) is 0 Å². The molecule has 1 aromatic carbocycles. The van der Waals surface area contributed by atoms with Crippen LogP contribution >= 0.6 is 0 Å². The van der Waals surface area contributed by atoms with Crippen LogP contribution in [-0.4, -0.2) is 50.4 Å². The predicted octanol–water partition coefficient (Wildman–Crippen LogP) is 3.92. The minimum absolute atomic E-state index is 0.231. The number of pyridine rings is 1. The van der Waals surface area contributed by atoms with Gasteiger partial charge in [-0.2, -0.15) is 0 Å². The normalized spacial score (nSPS) is 18.7. The van der Waals surface area contributed by atoms with Crippen molar-refractivity contribution in [1.29, 1.82) is 0 Å². The summed E-state index contributed by atoms with van der Waals surface area (Å²) >= 11 is 0. The minimum Gasteiger partial charge on any atom is -0.370 e. The maximum absolute atomic E-state index is 13.6. The molecular weight excluding hydrogens is 400 g/mol. The van der Waals surface area contributed by atoms with Gasteiger partial charge in [-0.1, -0.05) is 18.2 Å². The van der Waals surface area contributed by atoms with Crippen LogP contribution in [-0.2, 0) is 11.3 Å². The summed E-state index contributed by atoms with van der Waals surface area (Å²) in [4.78, 5) is 34.5. The number of piperidine rings is 2. The number of nitrogens with zero attached hydrogens (tertiary/aromatic N) is 5. The molecule has 5 heterocycles. The summed E-state index contributed by atoms with van der Waals surface area (Å²) < 4.78 is 0. The largest absolute Gasteiger partial charge is 0.370 e. The number of para-hydroxylation sites is 1. The maximum Gasteiger partial charge on any atom is 0.229 e. The van der Waals surface area contributed by atoms with Crippen molar-refractivity contribution in [3.05, 3.63) is 60.7 Å². The van der Waals surface area contributed by atoms with Crippen molar-refractivity contribution >= 4 is 33.7 Å². The number of amides is 1. The summed E-state index contributed by atoms with van der Waals surface area (Å²) in [7, 11) is 0. The van der Waals surface area contributed by atoms with Crippen LogP contribution in [0.25, 0.3) is 22.1 Å². The molecule has 0 aliphatic carbocycles. The van der Waals surface area contributed by atoms with Crippen LogP contribution in [0.4, 0.5) is 5.69 Å². The molecule has 2 aliphatic heterocycles. The molecule has 4 aromatic rings. The van der Waals surface area contributed by atoms with Gasteiger partial charge in [0.25, 0.3) is 0 Å². The fraction of sp³-hybridized carbons (Fsp3) is 0.360. The van der Waals surface area contributed by atoms with Crippen LogP contribution in [0.1, 0.15) is 31.2 Å². The van der Waals surface area contributed by atoms with Crippen molar-refractivity contribution in [2.75, 3.05) is 24.5 Å². The lowest BCUT2D eigenvalue weighted by Gasteiger charge is -2.47. The Morgan fingerprint density at radius 2 is 1.84 bits per heavy atom. The molecule has 0 saturated carbocycles. The molecule has 0 bridgehead atoms. The monoisotopic (exact) mass is 426 g/mol. The van der Waals surface area contributed by atoms with Gasteiger partial charge in [0.15, 0.2) is 5.65 Å². The molecule has 7 heteroatoms. The average Bonchev–Trinajstić information content (AvgIpc) is 3.25. The first kappa shape index (κ1) is 19.2. The van der Waals surface area contributed by atoms with E-state index in [9.17, 15) is 4.79 Å². The van der Waals surface area contributed by atoms with Crippen molar-refractivity contribution in [2.45, 2.75) is 32.2 Å². The van der Waals surface area contributed by atoms with Crippen molar-refractivity contribution < 1.29 is 4.79 Å². The maximum atomic E-state index is 13.6. The molecule has 6 rings (SSSR count). The second-order valence-electron chi connectivity index (χ2n) is 9.05. The highest BCUT2D eigenvalue weighted by molar-refractivity contribution is 5.86. The zero-order valence-electron chi connectivity index (χ0n) is 18.0. The van der Waals surface area contributed by atoms with E-state index in [0.29, 0.717) is 18.1 Å². The highest BCUT2D eigenvalue weighted by Gasteiger charge is 2.45. The number of H-pyrrole nitrogens is 1. The molecule has 1 spiro atoms. The summed E-state index contributed by atoms with van der Waals surface area (Å²) in [6.07, 6.45) is 11.1. The zero-order chi connectivity index (χ0) is 21.5. The average molecular weight is 427 g/mol. The van der Waals surface area contributed by atoms with Crippen LogP contribution in [0.2, 0.25) is 0 Å².